The fraction of sp³-hybridized carbons (Fsp3) is 0.273. The van der Waals surface area contributed by atoms with Crippen molar-refractivity contribution in [3.05, 3.63) is 46.9 Å². The molecule has 9 heteroatoms. The maximum atomic E-state index is 10.1. The zero-order valence-corrected chi connectivity index (χ0v) is 18.1. The van der Waals surface area contributed by atoms with E-state index < -0.39 is 5.60 Å². The van der Waals surface area contributed by atoms with Gasteiger partial charge in [-0.2, -0.15) is 0 Å². The Kier molecular flexibility index (Phi) is 4.39. The Morgan fingerprint density at radius 1 is 1.10 bits per heavy atom. The van der Waals surface area contributed by atoms with Gasteiger partial charge in [-0.3, -0.25) is 0 Å². The molecular formula is C22H21ClN6O2. The van der Waals surface area contributed by atoms with E-state index in [2.05, 4.69) is 19.9 Å². The second-order valence-corrected chi connectivity index (χ2v) is 8.67. The van der Waals surface area contributed by atoms with E-state index in [0.29, 0.717) is 52.2 Å². The van der Waals surface area contributed by atoms with E-state index in [-0.39, 0.29) is 5.75 Å². The summed E-state index contributed by atoms with van der Waals surface area (Å²) in [6, 6.07) is 3.52. The summed E-state index contributed by atoms with van der Waals surface area (Å²) < 4.78 is 0. The van der Waals surface area contributed by atoms with Crippen LogP contribution in [0.1, 0.15) is 18.1 Å². The van der Waals surface area contributed by atoms with Crippen LogP contribution >= 0.6 is 11.6 Å². The van der Waals surface area contributed by atoms with Gasteiger partial charge in [-0.1, -0.05) is 17.7 Å². The summed E-state index contributed by atoms with van der Waals surface area (Å²) in [7, 11) is 0. The standard InChI is InChI=1S/C22H21ClN6O2/c1-11-4-5-15(30)12(2)16(11)14-8-24-20-19(27-14)17(23)18(28-20)13-6-25-21(26-7-13)29-9-22(3,31)10-29/h4-8,30-31H,9-10H2,1-3H3,(H,24,28). The quantitative estimate of drug-likeness (QED) is 0.449. The van der Waals surface area contributed by atoms with Gasteiger partial charge < -0.3 is 20.1 Å². The monoisotopic (exact) mass is 436 g/mol. The number of hydrogen-bond acceptors (Lipinski definition) is 7. The van der Waals surface area contributed by atoms with Gasteiger partial charge in [0.2, 0.25) is 5.95 Å². The highest BCUT2D eigenvalue weighted by Gasteiger charge is 2.37. The normalized spacial score (nSPS) is 15.3. The minimum atomic E-state index is -0.691. The van der Waals surface area contributed by atoms with Crippen molar-refractivity contribution in [1.82, 2.24) is 24.9 Å². The molecule has 3 aromatic heterocycles. The fourth-order valence-electron chi connectivity index (χ4n) is 4.01. The molecule has 4 heterocycles. The van der Waals surface area contributed by atoms with Crippen LogP contribution in [0.15, 0.2) is 30.7 Å². The number of fused-ring (bicyclic) bond motifs is 1. The van der Waals surface area contributed by atoms with Crippen molar-refractivity contribution in [3.8, 4) is 28.3 Å². The van der Waals surface area contributed by atoms with E-state index >= 15 is 0 Å². The van der Waals surface area contributed by atoms with Gasteiger partial charge in [0.15, 0.2) is 5.65 Å². The number of nitrogens with one attached hydrogen (secondary N) is 1. The van der Waals surface area contributed by atoms with Crippen LogP contribution in [0, 0.1) is 13.8 Å². The van der Waals surface area contributed by atoms with Crippen LogP contribution in [0.2, 0.25) is 5.02 Å². The number of H-pyrrole nitrogens is 1. The van der Waals surface area contributed by atoms with Gasteiger partial charge >= 0.3 is 0 Å². The number of β-amino-alcohol motifs (C(OH)–C–C–N with tert-alkyl or cyclic N) is 1. The summed E-state index contributed by atoms with van der Waals surface area (Å²) >= 11 is 6.66. The lowest BCUT2D eigenvalue weighted by molar-refractivity contribution is 0.0300. The molecule has 0 unspecified atom stereocenters. The first-order chi connectivity index (χ1) is 14.7. The Morgan fingerprint density at radius 2 is 1.81 bits per heavy atom. The average molecular weight is 437 g/mol. The van der Waals surface area contributed by atoms with Gasteiger partial charge in [-0.15, -0.1) is 0 Å². The first kappa shape index (κ1) is 19.7. The van der Waals surface area contributed by atoms with Crippen LogP contribution in [0.5, 0.6) is 5.75 Å². The Bertz CT molecular complexity index is 1310. The number of aliphatic hydroxyl groups is 1. The molecule has 1 fully saturated rings. The first-order valence-corrected chi connectivity index (χ1v) is 10.2. The molecule has 8 nitrogen and oxygen atoms in total. The molecule has 0 radical (unpaired) electrons. The lowest BCUT2D eigenvalue weighted by Crippen LogP contribution is -2.60. The van der Waals surface area contributed by atoms with Crippen molar-refractivity contribution in [2.24, 2.45) is 0 Å². The summed E-state index contributed by atoms with van der Waals surface area (Å²) in [4.78, 5) is 23.2. The van der Waals surface area contributed by atoms with Crippen molar-refractivity contribution < 1.29 is 10.2 Å². The van der Waals surface area contributed by atoms with Crippen molar-refractivity contribution in [2.45, 2.75) is 26.4 Å². The van der Waals surface area contributed by atoms with Crippen LogP contribution in [0.3, 0.4) is 0 Å². The van der Waals surface area contributed by atoms with Crippen molar-refractivity contribution in [2.75, 3.05) is 18.0 Å². The van der Waals surface area contributed by atoms with E-state index in [0.717, 1.165) is 16.7 Å². The summed E-state index contributed by atoms with van der Waals surface area (Å²) in [5.74, 6) is 0.778. The number of anilines is 1. The number of rotatable bonds is 3. The Hall–Kier alpha value is -3.23. The summed E-state index contributed by atoms with van der Waals surface area (Å²) in [6.45, 7) is 6.61. The van der Waals surface area contributed by atoms with Crippen LogP contribution in [-0.2, 0) is 0 Å². The Balaban J connectivity index is 1.52. The van der Waals surface area contributed by atoms with E-state index in [1.165, 1.54) is 0 Å². The summed E-state index contributed by atoms with van der Waals surface area (Å²) in [6.07, 6.45) is 5.05. The number of phenolic OH excluding ortho intramolecular Hbond substituents is 1. The first-order valence-electron chi connectivity index (χ1n) is 9.87. The molecule has 158 valence electrons. The molecular weight excluding hydrogens is 416 g/mol. The van der Waals surface area contributed by atoms with Crippen molar-refractivity contribution in [1.29, 1.82) is 0 Å². The smallest absolute Gasteiger partial charge is 0.225 e. The van der Waals surface area contributed by atoms with E-state index in [1.54, 1.807) is 31.6 Å². The summed E-state index contributed by atoms with van der Waals surface area (Å²) in [5, 5.41) is 20.4. The number of aromatic nitrogens is 5. The van der Waals surface area contributed by atoms with Gasteiger partial charge in [0, 0.05) is 29.1 Å². The average Bonchev–Trinajstić information content (AvgIpc) is 3.06. The van der Waals surface area contributed by atoms with Gasteiger partial charge in [-0.25, -0.2) is 19.9 Å². The van der Waals surface area contributed by atoms with Gasteiger partial charge in [0.05, 0.1) is 41.3 Å². The predicted octanol–water partition coefficient (Wildman–Crippen LogP) is 3.63. The second kappa shape index (κ2) is 6.90. The predicted molar refractivity (Wildman–Crippen MR) is 119 cm³/mol. The molecule has 31 heavy (non-hydrogen) atoms. The highest BCUT2D eigenvalue weighted by molar-refractivity contribution is 6.37. The second-order valence-electron chi connectivity index (χ2n) is 8.29. The highest BCUT2D eigenvalue weighted by Crippen LogP contribution is 2.36. The lowest BCUT2D eigenvalue weighted by Gasteiger charge is -2.44. The number of nitrogens with zero attached hydrogens (tertiary/aromatic N) is 5. The maximum absolute atomic E-state index is 10.1. The molecule has 0 atom stereocenters. The van der Waals surface area contributed by atoms with Gasteiger partial charge in [-0.05, 0) is 32.4 Å². The van der Waals surface area contributed by atoms with Crippen molar-refractivity contribution in [3.63, 3.8) is 0 Å². The summed E-state index contributed by atoms with van der Waals surface area (Å²) in [5.41, 5.74) is 4.98. The number of phenols is 1. The van der Waals surface area contributed by atoms with Crippen LogP contribution in [0.4, 0.5) is 5.95 Å². The minimum Gasteiger partial charge on any atom is -0.508 e. The van der Waals surface area contributed by atoms with Gasteiger partial charge in [0.1, 0.15) is 11.3 Å². The molecule has 4 aromatic rings. The number of benzene rings is 1. The van der Waals surface area contributed by atoms with Gasteiger partial charge in [0.25, 0.3) is 0 Å². The molecule has 1 aliphatic rings. The third-order valence-corrected chi connectivity index (χ3v) is 5.98. The van der Waals surface area contributed by atoms with E-state index in [9.17, 15) is 10.2 Å². The topological polar surface area (TPSA) is 111 Å². The third-order valence-electron chi connectivity index (χ3n) is 5.62. The molecule has 3 N–H and O–H groups in total. The zero-order chi connectivity index (χ0) is 21.9. The number of halogens is 1. The Morgan fingerprint density at radius 3 is 2.48 bits per heavy atom. The van der Waals surface area contributed by atoms with E-state index in [4.69, 9.17) is 16.6 Å². The zero-order valence-electron chi connectivity index (χ0n) is 17.3. The molecule has 0 amide bonds. The largest absolute Gasteiger partial charge is 0.508 e. The highest BCUT2D eigenvalue weighted by atomic mass is 35.5. The Labute approximate surface area is 183 Å². The molecule has 1 aromatic carbocycles. The number of aromatic hydroxyl groups is 1. The maximum Gasteiger partial charge on any atom is 0.225 e. The minimum absolute atomic E-state index is 0.212. The number of hydrogen-bond donors (Lipinski definition) is 3. The SMILES string of the molecule is Cc1ccc(O)c(C)c1-c1cnc2[nH]c(-c3cnc(N4CC(C)(O)C4)nc3)c(Cl)c2n1. The molecule has 1 saturated heterocycles. The van der Waals surface area contributed by atoms with E-state index in [1.807, 2.05) is 24.8 Å². The molecule has 1 aliphatic heterocycles. The number of aromatic amines is 1. The molecule has 5 rings (SSSR count). The van der Waals surface area contributed by atoms with Crippen LogP contribution in [-0.4, -0.2) is 53.8 Å². The molecule has 0 bridgehead atoms. The lowest BCUT2D eigenvalue weighted by atomic mass is 9.98. The number of aryl methyl sites for hydroxylation is 1. The van der Waals surface area contributed by atoms with Crippen LogP contribution in [0.25, 0.3) is 33.7 Å². The van der Waals surface area contributed by atoms with Crippen molar-refractivity contribution >= 4 is 28.7 Å². The van der Waals surface area contributed by atoms with Crippen LogP contribution < -0.4 is 4.90 Å². The third kappa shape index (κ3) is 3.28. The molecule has 0 spiro atoms. The molecule has 0 saturated carbocycles. The fourth-order valence-corrected chi connectivity index (χ4v) is 4.29. The molecule has 0 aliphatic carbocycles.